The third-order valence-electron chi connectivity index (χ3n) is 2.34. The molecule has 12 heavy (non-hydrogen) atoms. The summed E-state index contributed by atoms with van der Waals surface area (Å²) in [5.41, 5.74) is 5.58. The molecule has 2 atom stereocenters. The van der Waals surface area contributed by atoms with Crippen molar-refractivity contribution in [3.63, 3.8) is 0 Å². The number of aliphatic imine (C=N–C) groups is 1. The molecule has 1 aliphatic carbocycles. The fourth-order valence-electron chi connectivity index (χ4n) is 1.76. The molecule has 1 fully saturated rings. The second kappa shape index (κ2) is 4.75. The van der Waals surface area contributed by atoms with Crippen LogP contribution in [-0.4, -0.2) is 23.4 Å². The highest BCUT2D eigenvalue weighted by atomic mass is 32.2. The summed E-state index contributed by atoms with van der Waals surface area (Å²) in [6.45, 7) is 1.88. The number of thioether (sulfide) groups is 1. The lowest BCUT2D eigenvalue weighted by Crippen LogP contribution is -2.27. The Labute approximate surface area is 79.0 Å². The smallest absolute Gasteiger partial charge is 0.0909 e. The summed E-state index contributed by atoms with van der Waals surface area (Å²) in [6.07, 6.45) is 7.38. The average molecular weight is 186 g/mol. The summed E-state index contributed by atoms with van der Waals surface area (Å²) in [5, 5.41) is 0.706. The molecule has 70 valence electrons. The molecule has 0 spiro atoms. The van der Waals surface area contributed by atoms with Gasteiger partial charge >= 0.3 is 0 Å². The summed E-state index contributed by atoms with van der Waals surface area (Å²) in [7, 11) is 0. The van der Waals surface area contributed by atoms with Crippen molar-refractivity contribution >= 4 is 17.6 Å². The van der Waals surface area contributed by atoms with E-state index < -0.39 is 0 Å². The van der Waals surface area contributed by atoms with Gasteiger partial charge in [0.25, 0.3) is 0 Å². The summed E-state index contributed by atoms with van der Waals surface area (Å²) in [4.78, 5) is 4.46. The van der Waals surface area contributed by atoms with E-state index in [0.717, 1.165) is 5.84 Å². The Balaban J connectivity index is 2.53. The van der Waals surface area contributed by atoms with Crippen molar-refractivity contribution in [1.29, 1.82) is 0 Å². The molecule has 2 N–H and O–H groups in total. The topological polar surface area (TPSA) is 38.4 Å². The van der Waals surface area contributed by atoms with Crippen LogP contribution in [0.15, 0.2) is 4.99 Å². The van der Waals surface area contributed by atoms with Gasteiger partial charge in [-0.3, -0.25) is 4.99 Å². The van der Waals surface area contributed by atoms with E-state index in [4.69, 9.17) is 5.73 Å². The van der Waals surface area contributed by atoms with E-state index in [2.05, 4.69) is 11.2 Å². The van der Waals surface area contributed by atoms with E-state index in [1.165, 1.54) is 25.7 Å². The van der Waals surface area contributed by atoms with Gasteiger partial charge in [0, 0.05) is 5.25 Å². The molecule has 1 saturated carbocycles. The minimum atomic E-state index is 0.485. The molecule has 0 heterocycles. The first-order valence-corrected chi connectivity index (χ1v) is 5.85. The maximum Gasteiger partial charge on any atom is 0.0909 e. The van der Waals surface area contributed by atoms with Crippen molar-refractivity contribution in [1.82, 2.24) is 0 Å². The van der Waals surface area contributed by atoms with Crippen LogP contribution >= 0.6 is 11.8 Å². The monoisotopic (exact) mass is 186 g/mol. The molecule has 0 radical (unpaired) electrons. The van der Waals surface area contributed by atoms with Crippen LogP contribution in [0, 0.1) is 0 Å². The zero-order chi connectivity index (χ0) is 8.97. The van der Waals surface area contributed by atoms with Crippen molar-refractivity contribution < 1.29 is 0 Å². The average Bonchev–Trinajstić information content (AvgIpc) is 2.04. The predicted octanol–water partition coefficient (Wildman–Crippen LogP) is 2.04. The van der Waals surface area contributed by atoms with Gasteiger partial charge in [-0.15, -0.1) is 0 Å². The zero-order valence-corrected chi connectivity index (χ0v) is 8.73. The lowest BCUT2D eigenvalue weighted by molar-refractivity contribution is 0.455. The van der Waals surface area contributed by atoms with Gasteiger partial charge in [-0.05, 0) is 26.0 Å². The number of rotatable bonds is 2. The van der Waals surface area contributed by atoms with Crippen LogP contribution in [0.3, 0.4) is 0 Å². The van der Waals surface area contributed by atoms with Crippen LogP contribution in [0.4, 0.5) is 0 Å². The first-order chi connectivity index (χ1) is 5.74. The van der Waals surface area contributed by atoms with Crippen LogP contribution < -0.4 is 5.73 Å². The molecule has 0 aromatic rings. The standard InChI is InChI=1S/C9H18N2S/c1-7(10)11-8-5-3-4-6-9(8)12-2/h8-9H,3-6H2,1-2H3,(H2,10,11). The van der Waals surface area contributed by atoms with E-state index in [1.807, 2.05) is 18.7 Å². The molecule has 1 aliphatic rings. The van der Waals surface area contributed by atoms with Crippen LogP contribution in [0.2, 0.25) is 0 Å². The Bertz CT molecular complexity index is 164. The van der Waals surface area contributed by atoms with E-state index in [-0.39, 0.29) is 0 Å². The number of hydrogen-bond acceptors (Lipinski definition) is 2. The Hall–Kier alpha value is -0.180. The largest absolute Gasteiger partial charge is 0.388 e. The second-order valence-electron chi connectivity index (χ2n) is 3.40. The Morgan fingerprint density at radius 1 is 1.42 bits per heavy atom. The molecule has 0 aliphatic heterocycles. The fraction of sp³-hybridized carbons (Fsp3) is 0.889. The summed E-state index contributed by atoms with van der Waals surface area (Å²) < 4.78 is 0. The van der Waals surface area contributed by atoms with Gasteiger partial charge < -0.3 is 5.73 Å². The first-order valence-electron chi connectivity index (χ1n) is 4.56. The van der Waals surface area contributed by atoms with Crippen molar-refractivity contribution in [2.24, 2.45) is 10.7 Å². The minimum Gasteiger partial charge on any atom is -0.388 e. The lowest BCUT2D eigenvalue weighted by Gasteiger charge is -2.27. The minimum absolute atomic E-state index is 0.485. The summed E-state index contributed by atoms with van der Waals surface area (Å²) in [5.74, 6) is 0.737. The number of hydrogen-bond donors (Lipinski definition) is 1. The van der Waals surface area contributed by atoms with Crippen molar-refractivity contribution in [3.05, 3.63) is 0 Å². The van der Waals surface area contributed by atoms with Crippen molar-refractivity contribution in [3.8, 4) is 0 Å². The third-order valence-corrected chi connectivity index (χ3v) is 3.50. The Morgan fingerprint density at radius 2 is 2.08 bits per heavy atom. The maximum atomic E-state index is 5.58. The normalized spacial score (nSPS) is 32.0. The summed E-state index contributed by atoms with van der Waals surface area (Å²) >= 11 is 1.93. The van der Waals surface area contributed by atoms with E-state index in [0.29, 0.717) is 11.3 Å². The Kier molecular flexibility index (Phi) is 3.92. The van der Waals surface area contributed by atoms with E-state index in [9.17, 15) is 0 Å². The van der Waals surface area contributed by atoms with Crippen molar-refractivity contribution in [2.75, 3.05) is 6.26 Å². The fourth-order valence-corrected chi connectivity index (χ4v) is 2.67. The molecule has 0 aromatic carbocycles. The van der Waals surface area contributed by atoms with Gasteiger partial charge in [0.1, 0.15) is 0 Å². The molecule has 2 nitrogen and oxygen atoms in total. The third kappa shape index (κ3) is 2.70. The van der Waals surface area contributed by atoms with Crippen LogP contribution in [0.25, 0.3) is 0 Å². The van der Waals surface area contributed by atoms with Gasteiger partial charge in [-0.1, -0.05) is 12.8 Å². The van der Waals surface area contributed by atoms with Gasteiger partial charge in [0.05, 0.1) is 11.9 Å². The molecule has 2 unspecified atom stereocenters. The van der Waals surface area contributed by atoms with Gasteiger partial charge in [-0.25, -0.2) is 0 Å². The van der Waals surface area contributed by atoms with E-state index >= 15 is 0 Å². The van der Waals surface area contributed by atoms with Gasteiger partial charge in [0.2, 0.25) is 0 Å². The van der Waals surface area contributed by atoms with E-state index in [1.54, 1.807) is 0 Å². The van der Waals surface area contributed by atoms with Crippen LogP contribution in [0.5, 0.6) is 0 Å². The van der Waals surface area contributed by atoms with Gasteiger partial charge in [0.15, 0.2) is 0 Å². The zero-order valence-electron chi connectivity index (χ0n) is 7.92. The Morgan fingerprint density at radius 3 is 2.67 bits per heavy atom. The number of nitrogens with two attached hydrogens (primary N) is 1. The van der Waals surface area contributed by atoms with Crippen molar-refractivity contribution in [2.45, 2.75) is 43.9 Å². The molecule has 0 saturated heterocycles. The molecular weight excluding hydrogens is 168 g/mol. The second-order valence-corrected chi connectivity index (χ2v) is 4.47. The number of nitrogens with zero attached hydrogens (tertiary/aromatic N) is 1. The lowest BCUT2D eigenvalue weighted by atomic mass is 9.95. The van der Waals surface area contributed by atoms with Gasteiger partial charge in [-0.2, -0.15) is 11.8 Å². The maximum absolute atomic E-state index is 5.58. The molecule has 1 rings (SSSR count). The van der Waals surface area contributed by atoms with Crippen LogP contribution in [-0.2, 0) is 0 Å². The highest BCUT2D eigenvalue weighted by molar-refractivity contribution is 7.99. The first kappa shape index (κ1) is 9.90. The highest BCUT2D eigenvalue weighted by Crippen LogP contribution is 2.29. The molecule has 0 bridgehead atoms. The summed E-state index contributed by atoms with van der Waals surface area (Å²) in [6, 6.07) is 0.485. The molecular formula is C9H18N2S. The number of amidine groups is 1. The SMILES string of the molecule is CSC1CCCCC1N=C(C)N. The predicted molar refractivity (Wildman–Crippen MR) is 56.9 cm³/mol. The highest BCUT2D eigenvalue weighted by Gasteiger charge is 2.23. The molecule has 3 heteroatoms. The molecule has 0 amide bonds. The molecule has 0 aromatic heterocycles. The van der Waals surface area contributed by atoms with Crippen LogP contribution in [0.1, 0.15) is 32.6 Å². The quantitative estimate of drug-likeness (QED) is 0.529.